The summed E-state index contributed by atoms with van der Waals surface area (Å²) in [6.07, 6.45) is 4.26. The van der Waals surface area contributed by atoms with Gasteiger partial charge in [-0.2, -0.15) is 5.10 Å². The highest BCUT2D eigenvalue weighted by Crippen LogP contribution is 2.21. The summed E-state index contributed by atoms with van der Waals surface area (Å²) in [5, 5.41) is 4.09. The Labute approximate surface area is 106 Å². The van der Waals surface area contributed by atoms with Gasteiger partial charge >= 0.3 is 0 Å². The molecule has 0 fully saturated rings. The molecular weight excluding hydrogens is 231 g/mol. The van der Waals surface area contributed by atoms with Crippen LogP contribution in [-0.4, -0.2) is 9.78 Å². The largest absolute Gasteiger partial charge is 0.276 e. The molecular formula is C13H17FN4. The molecule has 0 saturated heterocycles. The second-order valence-corrected chi connectivity index (χ2v) is 4.47. The smallest absolute Gasteiger partial charge is 0.128 e. The lowest BCUT2D eigenvalue weighted by molar-refractivity contribution is 0.510. The van der Waals surface area contributed by atoms with Gasteiger partial charge in [-0.3, -0.25) is 16.0 Å². The SMILES string of the molecule is Cc1ccc(C(Cc2cnn(C)c2)NN)c(F)c1. The lowest BCUT2D eigenvalue weighted by Crippen LogP contribution is -2.30. The molecule has 2 rings (SSSR count). The summed E-state index contributed by atoms with van der Waals surface area (Å²) in [4.78, 5) is 0. The number of halogens is 1. The van der Waals surface area contributed by atoms with Gasteiger partial charge in [0.1, 0.15) is 5.82 Å². The predicted octanol–water partition coefficient (Wildman–Crippen LogP) is 1.61. The minimum atomic E-state index is -0.255. The van der Waals surface area contributed by atoms with Crippen molar-refractivity contribution in [1.82, 2.24) is 15.2 Å². The number of hydrogen-bond donors (Lipinski definition) is 2. The standard InChI is InChI=1S/C13H17FN4/c1-9-3-4-11(12(14)5-9)13(17-15)6-10-7-16-18(2)8-10/h3-5,7-8,13,17H,6,15H2,1-2H3. The van der Waals surface area contributed by atoms with Gasteiger partial charge in [-0.25, -0.2) is 4.39 Å². The highest BCUT2D eigenvalue weighted by atomic mass is 19.1. The Morgan fingerprint density at radius 2 is 2.28 bits per heavy atom. The fourth-order valence-corrected chi connectivity index (χ4v) is 1.99. The van der Waals surface area contributed by atoms with Gasteiger partial charge in [-0.05, 0) is 30.5 Å². The molecule has 5 heteroatoms. The molecule has 4 nitrogen and oxygen atoms in total. The monoisotopic (exact) mass is 248 g/mol. The number of nitrogens with zero attached hydrogens (tertiary/aromatic N) is 2. The Hall–Kier alpha value is -1.72. The molecule has 1 heterocycles. The van der Waals surface area contributed by atoms with Gasteiger partial charge in [0.25, 0.3) is 0 Å². The zero-order valence-corrected chi connectivity index (χ0v) is 10.5. The minimum Gasteiger partial charge on any atom is -0.276 e. The molecule has 96 valence electrons. The van der Waals surface area contributed by atoms with Crippen LogP contribution in [0.25, 0.3) is 0 Å². The molecule has 0 aliphatic rings. The molecule has 1 aromatic carbocycles. The van der Waals surface area contributed by atoms with Crippen LogP contribution in [0.5, 0.6) is 0 Å². The van der Waals surface area contributed by atoms with E-state index in [2.05, 4.69) is 10.5 Å². The molecule has 0 aliphatic heterocycles. The van der Waals surface area contributed by atoms with Crippen molar-refractivity contribution in [1.29, 1.82) is 0 Å². The summed E-state index contributed by atoms with van der Waals surface area (Å²) < 4.78 is 15.6. The van der Waals surface area contributed by atoms with Crippen LogP contribution in [0, 0.1) is 12.7 Å². The minimum absolute atomic E-state index is 0.234. The van der Waals surface area contributed by atoms with Crippen LogP contribution in [0.1, 0.15) is 22.7 Å². The summed E-state index contributed by atoms with van der Waals surface area (Å²) in [7, 11) is 1.85. The van der Waals surface area contributed by atoms with E-state index >= 15 is 0 Å². The van der Waals surface area contributed by atoms with Gasteiger partial charge in [-0.1, -0.05) is 12.1 Å². The molecule has 18 heavy (non-hydrogen) atoms. The Bertz CT molecular complexity index is 536. The maximum absolute atomic E-state index is 13.9. The van der Waals surface area contributed by atoms with Gasteiger partial charge in [0.05, 0.1) is 12.2 Å². The quantitative estimate of drug-likeness (QED) is 0.638. The molecule has 0 spiro atoms. The van der Waals surface area contributed by atoms with Crippen molar-refractivity contribution in [2.45, 2.75) is 19.4 Å². The van der Waals surface area contributed by atoms with Crippen molar-refractivity contribution >= 4 is 0 Å². The lowest BCUT2D eigenvalue weighted by Gasteiger charge is -2.16. The predicted molar refractivity (Wildman–Crippen MR) is 68.1 cm³/mol. The summed E-state index contributed by atoms with van der Waals surface area (Å²) in [6.45, 7) is 1.86. The van der Waals surface area contributed by atoms with Crippen molar-refractivity contribution in [3.8, 4) is 0 Å². The summed E-state index contributed by atoms with van der Waals surface area (Å²) in [5.41, 5.74) is 5.15. The number of aromatic nitrogens is 2. The molecule has 0 saturated carbocycles. The van der Waals surface area contributed by atoms with Crippen LogP contribution < -0.4 is 11.3 Å². The molecule has 1 aromatic heterocycles. The molecule has 2 aromatic rings. The molecule has 0 amide bonds. The van der Waals surface area contributed by atoms with Gasteiger partial charge in [0, 0.05) is 18.8 Å². The molecule has 0 aliphatic carbocycles. The molecule has 0 bridgehead atoms. The Morgan fingerprint density at radius 3 is 2.83 bits per heavy atom. The first kappa shape index (κ1) is 12.7. The van der Waals surface area contributed by atoms with E-state index in [1.165, 1.54) is 6.07 Å². The number of rotatable bonds is 4. The second kappa shape index (κ2) is 5.29. The van der Waals surface area contributed by atoms with Crippen LogP contribution in [0.3, 0.4) is 0 Å². The average Bonchev–Trinajstić information content (AvgIpc) is 2.72. The van der Waals surface area contributed by atoms with E-state index in [0.29, 0.717) is 12.0 Å². The van der Waals surface area contributed by atoms with Gasteiger partial charge in [-0.15, -0.1) is 0 Å². The maximum Gasteiger partial charge on any atom is 0.128 e. The Kier molecular flexibility index (Phi) is 3.74. The highest BCUT2D eigenvalue weighted by molar-refractivity contribution is 5.27. The third-order valence-electron chi connectivity index (χ3n) is 2.93. The van der Waals surface area contributed by atoms with Crippen LogP contribution in [0.4, 0.5) is 4.39 Å². The molecule has 3 N–H and O–H groups in total. The first-order valence-electron chi connectivity index (χ1n) is 5.80. The average molecular weight is 248 g/mol. The fourth-order valence-electron chi connectivity index (χ4n) is 1.99. The van der Waals surface area contributed by atoms with Crippen LogP contribution in [-0.2, 0) is 13.5 Å². The number of benzene rings is 1. The van der Waals surface area contributed by atoms with E-state index < -0.39 is 0 Å². The van der Waals surface area contributed by atoms with E-state index in [1.807, 2.05) is 26.2 Å². The number of hydrazine groups is 1. The van der Waals surface area contributed by atoms with Crippen LogP contribution in [0.2, 0.25) is 0 Å². The number of nitrogens with one attached hydrogen (secondary N) is 1. The van der Waals surface area contributed by atoms with E-state index in [-0.39, 0.29) is 11.9 Å². The Balaban J connectivity index is 2.22. The summed E-state index contributed by atoms with van der Waals surface area (Å²) in [6, 6.07) is 4.91. The van der Waals surface area contributed by atoms with Crippen LogP contribution in [0.15, 0.2) is 30.6 Å². The fraction of sp³-hybridized carbons (Fsp3) is 0.308. The van der Waals surface area contributed by atoms with Crippen molar-refractivity contribution in [2.75, 3.05) is 0 Å². The van der Waals surface area contributed by atoms with Crippen molar-refractivity contribution in [3.63, 3.8) is 0 Å². The maximum atomic E-state index is 13.9. The molecule has 0 radical (unpaired) electrons. The Morgan fingerprint density at radius 1 is 1.50 bits per heavy atom. The van der Waals surface area contributed by atoms with Crippen molar-refractivity contribution in [2.24, 2.45) is 12.9 Å². The van der Waals surface area contributed by atoms with Crippen molar-refractivity contribution in [3.05, 3.63) is 53.1 Å². The summed E-state index contributed by atoms with van der Waals surface area (Å²) in [5.74, 6) is 5.29. The second-order valence-electron chi connectivity index (χ2n) is 4.47. The first-order chi connectivity index (χ1) is 8.60. The first-order valence-corrected chi connectivity index (χ1v) is 5.80. The van der Waals surface area contributed by atoms with Gasteiger partial charge < -0.3 is 0 Å². The van der Waals surface area contributed by atoms with Gasteiger partial charge in [0.15, 0.2) is 0 Å². The normalized spacial score (nSPS) is 12.7. The number of nitrogens with two attached hydrogens (primary N) is 1. The zero-order chi connectivity index (χ0) is 13.1. The lowest BCUT2D eigenvalue weighted by atomic mass is 9.99. The van der Waals surface area contributed by atoms with E-state index in [1.54, 1.807) is 16.9 Å². The topological polar surface area (TPSA) is 55.9 Å². The third-order valence-corrected chi connectivity index (χ3v) is 2.93. The third kappa shape index (κ3) is 2.75. The number of aryl methyl sites for hydroxylation is 2. The zero-order valence-electron chi connectivity index (χ0n) is 10.5. The highest BCUT2D eigenvalue weighted by Gasteiger charge is 2.15. The van der Waals surface area contributed by atoms with E-state index in [4.69, 9.17) is 5.84 Å². The van der Waals surface area contributed by atoms with Crippen LogP contribution >= 0.6 is 0 Å². The van der Waals surface area contributed by atoms with E-state index in [0.717, 1.165) is 11.1 Å². The van der Waals surface area contributed by atoms with E-state index in [9.17, 15) is 4.39 Å². The van der Waals surface area contributed by atoms with Crippen molar-refractivity contribution < 1.29 is 4.39 Å². The number of hydrogen-bond acceptors (Lipinski definition) is 3. The van der Waals surface area contributed by atoms with Gasteiger partial charge in [0.2, 0.25) is 0 Å². The molecule has 1 atom stereocenters. The summed E-state index contributed by atoms with van der Waals surface area (Å²) >= 11 is 0. The molecule has 1 unspecified atom stereocenters.